The van der Waals surface area contributed by atoms with Gasteiger partial charge in [0.15, 0.2) is 0 Å². The topological polar surface area (TPSA) is 24.5 Å². The van der Waals surface area contributed by atoms with Gasteiger partial charge in [-0.1, -0.05) is 13.8 Å². The highest BCUT2D eigenvalue weighted by Crippen LogP contribution is 2.08. The van der Waals surface area contributed by atoms with Crippen LogP contribution in [0.15, 0.2) is 0 Å². The van der Waals surface area contributed by atoms with Crippen molar-refractivity contribution in [3.63, 3.8) is 0 Å². The Morgan fingerprint density at radius 1 is 1.12 bits per heavy atom. The predicted octanol–water partition coefficient (Wildman–Crippen LogP) is 2.51. The normalized spacial score (nSPS) is 12.7. The molecule has 0 bridgehead atoms. The Labute approximate surface area is 108 Å². The molecule has 0 heterocycles. The first-order valence-electron chi connectivity index (χ1n) is 6.92. The van der Waals surface area contributed by atoms with Crippen LogP contribution >= 0.6 is 0 Å². The molecule has 1 N–H and O–H groups in total. The molecule has 17 heavy (non-hydrogen) atoms. The molecular formula is C14H32N2O. The standard InChI is InChI=1S/C14H32N2O/c1-7-13(8-2)16(11-12-17-6)10-9-15-14(3,4)5/h13,15H,7-12H2,1-6H3. The van der Waals surface area contributed by atoms with E-state index in [1.807, 2.05) is 0 Å². The quantitative estimate of drug-likeness (QED) is 0.674. The van der Waals surface area contributed by atoms with Gasteiger partial charge in [-0.15, -0.1) is 0 Å². The number of nitrogens with one attached hydrogen (secondary N) is 1. The molecule has 0 aromatic heterocycles. The number of ether oxygens (including phenoxy) is 1. The lowest BCUT2D eigenvalue weighted by molar-refractivity contribution is 0.114. The van der Waals surface area contributed by atoms with Crippen molar-refractivity contribution in [1.29, 1.82) is 0 Å². The molecular weight excluding hydrogens is 212 g/mol. The van der Waals surface area contributed by atoms with Crippen LogP contribution in [0.5, 0.6) is 0 Å². The van der Waals surface area contributed by atoms with Gasteiger partial charge >= 0.3 is 0 Å². The molecule has 0 fully saturated rings. The van der Waals surface area contributed by atoms with Gasteiger partial charge < -0.3 is 10.1 Å². The van der Waals surface area contributed by atoms with E-state index in [0.29, 0.717) is 6.04 Å². The summed E-state index contributed by atoms with van der Waals surface area (Å²) >= 11 is 0. The summed E-state index contributed by atoms with van der Waals surface area (Å²) in [4.78, 5) is 2.54. The minimum Gasteiger partial charge on any atom is -0.383 e. The molecule has 3 nitrogen and oxygen atoms in total. The molecule has 0 atom stereocenters. The summed E-state index contributed by atoms with van der Waals surface area (Å²) in [5.74, 6) is 0. The third kappa shape index (κ3) is 8.58. The fourth-order valence-corrected chi connectivity index (χ4v) is 2.07. The Balaban J connectivity index is 4.09. The van der Waals surface area contributed by atoms with Crippen LogP contribution in [0.25, 0.3) is 0 Å². The Hall–Kier alpha value is -0.120. The molecule has 0 saturated heterocycles. The van der Waals surface area contributed by atoms with E-state index in [2.05, 4.69) is 44.8 Å². The zero-order valence-corrected chi connectivity index (χ0v) is 12.7. The SMILES string of the molecule is CCC(CC)N(CCNC(C)(C)C)CCOC. The lowest BCUT2D eigenvalue weighted by atomic mass is 10.1. The molecule has 0 aliphatic rings. The van der Waals surface area contributed by atoms with Crippen molar-refractivity contribution in [2.24, 2.45) is 0 Å². The van der Waals surface area contributed by atoms with Gasteiger partial charge in [-0.3, -0.25) is 4.90 Å². The summed E-state index contributed by atoms with van der Waals surface area (Å²) in [7, 11) is 1.78. The third-order valence-electron chi connectivity index (χ3n) is 3.10. The van der Waals surface area contributed by atoms with Crippen LogP contribution < -0.4 is 5.32 Å². The van der Waals surface area contributed by atoms with E-state index in [0.717, 1.165) is 26.2 Å². The largest absolute Gasteiger partial charge is 0.383 e. The smallest absolute Gasteiger partial charge is 0.0589 e. The van der Waals surface area contributed by atoms with Crippen LogP contribution in [0.3, 0.4) is 0 Å². The zero-order chi connectivity index (χ0) is 13.3. The average Bonchev–Trinajstić information content (AvgIpc) is 2.25. The van der Waals surface area contributed by atoms with E-state index in [1.54, 1.807) is 7.11 Å². The summed E-state index contributed by atoms with van der Waals surface area (Å²) < 4.78 is 5.20. The van der Waals surface area contributed by atoms with Crippen LogP contribution in [-0.2, 0) is 4.74 Å². The maximum absolute atomic E-state index is 5.20. The molecule has 0 spiro atoms. The van der Waals surface area contributed by atoms with Gasteiger partial charge in [0.1, 0.15) is 0 Å². The van der Waals surface area contributed by atoms with Crippen LogP contribution in [0, 0.1) is 0 Å². The van der Waals surface area contributed by atoms with E-state index in [1.165, 1.54) is 12.8 Å². The van der Waals surface area contributed by atoms with E-state index in [-0.39, 0.29) is 5.54 Å². The lowest BCUT2D eigenvalue weighted by Crippen LogP contribution is -2.45. The predicted molar refractivity (Wildman–Crippen MR) is 75.6 cm³/mol. The second-order valence-electron chi connectivity index (χ2n) is 5.68. The fraction of sp³-hybridized carbons (Fsp3) is 1.00. The summed E-state index contributed by atoms with van der Waals surface area (Å²) in [6.45, 7) is 15.2. The first kappa shape index (κ1) is 16.9. The molecule has 0 aliphatic heterocycles. The molecule has 104 valence electrons. The third-order valence-corrected chi connectivity index (χ3v) is 3.10. The number of hydrogen-bond acceptors (Lipinski definition) is 3. The second-order valence-corrected chi connectivity index (χ2v) is 5.68. The molecule has 0 aromatic carbocycles. The Morgan fingerprint density at radius 3 is 2.12 bits per heavy atom. The molecule has 0 aromatic rings. The highest BCUT2D eigenvalue weighted by atomic mass is 16.5. The highest BCUT2D eigenvalue weighted by Gasteiger charge is 2.15. The molecule has 0 aliphatic carbocycles. The molecule has 3 heteroatoms. The number of methoxy groups -OCH3 is 1. The average molecular weight is 244 g/mol. The number of rotatable bonds is 9. The fourth-order valence-electron chi connectivity index (χ4n) is 2.07. The Kier molecular flexibility index (Phi) is 8.83. The van der Waals surface area contributed by atoms with Crippen molar-refractivity contribution in [2.75, 3.05) is 33.4 Å². The molecule has 0 amide bonds. The molecule has 0 saturated carbocycles. The summed E-state index contributed by atoms with van der Waals surface area (Å²) in [6.07, 6.45) is 2.44. The van der Waals surface area contributed by atoms with Crippen LogP contribution in [0.2, 0.25) is 0 Å². The highest BCUT2D eigenvalue weighted by molar-refractivity contribution is 4.74. The zero-order valence-electron chi connectivity index (χ0n) is 12.7. The lowest BCUT2D eigenvalue weighted by Gasteiger charge is -2.31. The second kappa shape index (κ2) is 8.90. The minimum absolute atomic E-state index is 0.209. The number of nitrogens with zero attached hydrogens (tertiary/aromatic N) is 1. The van der Waals surface area contributed by atoms with Gasteiger partial charge in [0.05, 0.1) is 6.61 Å². The van der Waals surface area contributed by atoms with Gasteiger partial charge in [-0.25, -0.2) is 0 Å². The first-order chi connectivity index (χ1) is 7.94. The molecule has 0 radical (unpaired) electrons. The van der Waals surface area contributed by atoms with Crippen LogP contribution in [0.1, 0.15) is 47.5 Å². The van der Waals surface area contributed by atoms with Gasteiger partial charge in [0.2, 0.25) is 0 Å². The minimum atomic E-state index is 0.209. The van der Waals surface area contributed by atoms with E-state index in [9.17, 15) is 0 Å². The Bertz CT molecular complexity index is 174. The van der Waals surface area contributed by atoms with Crippen LogP contribution in [-0.4, -0.2) is 49.8 Å². The van der Waals surface area contributed by atoms with Crippen LogP contribution in [0.4, 0.5) is 0 Å². The van der Waals surface area contributed by atoms with E-state index in [4.69, 9.17) is 4.74 Å². The van der Waals surface area contributed by atoms with Crippen molar-refractivity contribution in [2.45, 2.75) is 59.0 Å². The van der Waals surface area contributed by atoms with E-state index >= 15 is 0 Å². The summed E-state index contributed by atoms with van der Waals surface area (Å²) in [5, 5.41) is 3.55. The van der Waals surface area contributed by atoms with Crippen molar-refractivity contribution >= 4 is 0 Å². The Morgan fingerprint density at radius 2 is 1.71 bits per heavy atom. The van der Waals surface area contributed by atoms with Crippen molar-refractivity contribution < 1.29 is 4.74 Å². The van der Waals surface area contributed by atoms with Gasteiger partial charge in [0.25, 0.3) is 0 Å². The molecule has 0 rings (SSSR count). The van der Waals surface area contributed by atoms with E-state index < -0.39 is 0 Å². The maximum atomic E-state index is 5.20. The van der Waals surface area contributed by atoms with Crippen molar-refractivity contribution in [1.82, 2.24) is 10.2 Å². The van der Waals surface area contributed by atoms with Gasteiger partial charge in [0, 0.05) is 38.3 Å². The summed E-state index contributed by atoms with van der Waals surface area (Å²) in [5.41, 5.74) is 0.209. The van der Waals surface area contributed by atoms with Crippen molar-refractivity contribution in [3.8, 4) is 0 Å². The summed E-state index contributed by atoms with van der Waals surface area (Å²) in [6, 6.07) is 0.687. The van der Waals surface area contributed by atoms with Crippen molar-refractivity contribution in [3.05, 3.63) is 0 Å². The monoisotopic (exact) mass is 244 g/mol. The first-order valence-corrected chi connectivity index (χ1v) is 6.92. The van der Waals surface area contributed by atoms with Gasteiger partial charge in [-0.05, 0) is 33.6 Å². The van der Waals surface area contributed by atoms with Gasteiger partial charge in [-0.2, -0.15) is 0 Å². The maximum Gasteiger partial charge on any atom is 0.0589 e. The molecule has 0 unspecified atom stereocenters. The number of hydrogen-bond donors (Lipinski definition) is 1.